The molecule has 6 nitrogen and oxygen atoms in total. The van der Waals surface area contributed by atoms with Crippen molar-refractivity contribution in [2.24, 2.45) is 0 Å². The first-order chi connectivity index (χ1) is 19.1. The van der Waals surface area contributed by atoms with Gasteiger partial charge >= 0.3 is 12.2 Å². The lowest BCUT2D eigenvalue weighted by atomic mass is 9.74. The van der Waals surface area contributed by atoms with Crippen molar-refractivity contribution in [2.45, 2.75) is 44.8 Å². The van der Waals surface area contributed by atoms with Gasteiger partial charge in [-0.05, 0) is 78.3 Å². The molecule has 2 aliphatic heterocycles. The van der Waals surface area contributed by atoms with E-state index in [9.17, 15) is 18.0 Å². The molecule has 0 atom stereocenters. The maximum Gasteiger partial charge on any atom is 0.416 e. The molecule has 1 N–H and O–H groups in total. The molecular weight excluding hydrogens is 517 g/mol. The second-order valence-electron chi connectivity index (χ2n) is 11.1. The van der Waals surface area contributed by atoms with Gasteiger partial charge in [0.15, 0.2) is 0 Å². The largest absolute Gasteiger partial charge is 0.491 e. The fraction of sp³-hybridized carbons (Fsp3) is 0.355. The normalized spacial score (nSPS) is 17.3. The minimum atomic E-state index is -4.35. The van der Waals surface area contributed by atoms with E-state index < -0.39 is 11.7 Å². The topological polar surface area (TPSA) is 61.5 Å². The number of urea groups is 1. The highest BCUT2D eigenvalue weighted by molar-refractivity contribution is 5.82. The Morgan fingerprint density at radius 1 is 0.950 bits per heavy atom. The molecule has 208 valence electrons. The van der Waals surface area contributed by atoms with Crippen LogP contribution in [0.1, 0.15) is 42.3 Å². The Labute approximate surface area is 230 Å². The Hall–Kier alpha value is -4.01. The standard InChI is InChI=1S/C31H31F3N4O2/c1-20-35-26-9-3-22(18-27(26)36-20)21-4-10-28-23(17-21)19-38(15-16-40-28)29(39)37-13-11-30(2,12-14-37)24-5-7-25(8-6-24)31(32,33)34/h3-10,17-18H,11-16,19H2,1-2H3,(H,35,36). The average molecular weight is 549 g/mol. The van der Waals surface area contributed by atoms with Crippen LogP contribution in [0.2, 0.25) is 0 Å². The van der Waals surface area contributed by atoms with Gasteiger partial charge in [0.1, 0.15) is 18.2 Å². The van der Waals surface area contributed by atoms with Crippen molar-refractivity contribution in [3.8, 4) is 16.9 Å². The molecule has 2 amide bonds. The molecule has 0 aliphatic carbocycles. The summed E-state index contributed by atoms with van der Waals surface area (Å²) in [6.07, 6.45) is -2.98. The van der Waals surface area contributed by atoms with Crippen molar-refractivity contribution in [1.82, 2.24) is 19.8 Å². The van der Waals surface area contributed by atoms with E-state index in [1.165, 1.54) is 0 Å². The summed E-state index contributed by atoms with van der Waals surface area (Å²) in [5, 5.41) is 0. The Morgan fingerprint density at radius 2 is 1.65 bits per heavy atom. The summed E-state index contributed by atoms with van der Waals surface area (Å²) in [5.74, 6) is 1.65. The monoisotopic (exact) mass is 548 g/mol. The van der Waals surface area contributed by atoms with E-state index in [0.717, 1.165) is 57.0 Å². The van der Waals surface area contributed by atoms with Crippen molar-refractivity contribution in [2.75, 3.05) is 26.2 Å². The minimum Gasteiger partial charge on any atom is -0.491 e. The molecule has 1 saturated heterocycles. The smallest absolute Gasteiger partial charge is 0.416 e. The molecular formula is C31H31F3N4O2. The second kappa shape index (κ2) is 9.87. The molecule has 2 aliphatic rings. The number of likely N-dealkylation sites (tertiary alicyclic amines) is 1. The van der Waals surface area contributed by atoms with Gasteiger partial charge in [0.2, 0.25) is 0 Å². The Kier molecular flexibility index (Phi) is 6.47. The van der Waals surface area contributed by atoms with E-state index in [0.29, 0.717) is 45.6 Å². The number of halogens is 3. The molecule has 1 aromatic heterocycles. The number of piperidine rings is 1. The summed E-state index contributed by atoms with van der Waals surface area (Å²) in [5.41, 5.74) is 4.90. The number of hydrogen-bond acceptors (Lipinski definition) is 3. The molecule has 1 fully saturated rings. The number of rotatable bonds is 2. The number of aromatic amines is 1. The van der Waals surface area contributed by atoms with Gasteiger partial charge in [-0.1, -0.05) is 31.2 Å². The van der Waals surface area contributed by atoms with Gasteiger partial charge in [-0.2, -0.15) is 13.2 Å². The number of H-pyrrole nitrogens is 1. The third-order valence-corrected chi connectivity index (χ3v) is 8.29. The van der Waals surface area contributed by atoms with Gasteiger partial charge in [0.05, 0.1) is 29.7 Å². The first-order valence-electron chi connectivity index (χ1n) is 13.5. The summed E-state index contributed by atoms with van der Waals surface area (Å²) in [4.78, 5) is 25.0. The minimum absolute atomic E-state index is 0.0364. The number of alkyl halides is 3. The van der Waals surface area contributed by atoms with Crippen LogP contribution in [0.15, 0.2) is 60.7 Å². The number of benzene rings is 3. The van der Waals surface area contributed by atoms with Crippen molar-refractivity contribution in [3.05, 3.63) is 83.2 Å². The molecule has 4 aromatic rings. The molecule has 0 bridgehead atoms. The van der Waals surface area contributed by atoms with Gasteiger partial charge < -0.3 is 19.5 Å². The number of nitrogens with zero attached hydrogens (tertiary/aromatic N) is 3. The van der Waals surface area contributed by atoms with Crippen LogP contribution in [0.25, 0.3) is 22.2 Å². The number of carbonyl (C=O) groups excluding carboxylic acids is 1. The Balaban J connectivity index is 1.15. The third kappa shape index (κ3) is 5.00. The number of imidazole rings is 1. The Bertz CT molecular complexity index is 1550. The van der Waals surface area contributed by atoms with Crippen molar-refractivity contribution < 1.29 is 22.7 Å². The van der Waals surface area contributed by atoms with Crippen LogP contribution in [-0.4, -0.2) is 52.0 Å². The maximum absolute atomic E-state index is 13.6. The molecule has 0 saturated carbocycles. The zero-order valence-electron chi connectivity index (χ0n) is 22.5. The molecule has 6 rings (SSSR count). The van der Waals surface area contributed by atoms with Crippen LogP contribution in [-0.2, 0) is 18.1 Å². The summed E-state index contributed by atoms with van der Waals surface area (Å²) >= 11 is 0. The van der Waals surface area contributed by atoms with Gasteiger partial charge in [0.25, 0.3) is 0 Å². The van der Waals surface area contributed by atoms with Crippen molar-refractivity contribution in [1.29, 1.82) is 0 Å². The highest BCUT2D eigenvalue weighted by atomic mass is 19.4. The highest BCUT2D eigenvalue weighted by Gasteiger charge is 2.36. The lowest BCUT2D eigenvalue weighted by Crippen LogP contribution is -2.49. The zero-order chi connectivity index (χ0) is 28.1. The first kappa shape index (κ1) is 26.2. The van der Waals surface area contributed by atoms with E-state index >= 15 is 0 Å². The summed E-state index contributed by atoms with van der Waals surface area (Å²) in [6, 6.07) is 17.6. The van der Waals surface area contributed by atoms with Crippen molar-refractivity contribution >= 4 is 17.1 Å². The van der Waals surface area contributed by atoms with Crippen LogP contribution >= 0.6 is 0 Å². The molecule has 0 unspecified atom stereocenters. The molecule has 3 aromatic carbocycles. The van der Waals surface area contributed by atoms with Crippen LogP contribution < -0.4 is 4.74 Å². The van der Waals surface area contributed by atoms with Crippen LogP contribution in [0.5, 0.6) is 5.75 Å². The molecule has 40 heavy (non-hydrogen) atoms. The second-order valence-corrected chi connectivity index (χ2v) is 11.1. The van der Waals surface area contributed by atoms with Gasteiger partial charge in [0, 0.05) is 18.7 Å². The summed E-state index contributed by atoms with van der Waals surface area (Å²) in [6.45, 7) is 6.43. The predicted octanol–water partition coefficient (Wildman–Crippen LogP) is 6.93. The third-order valence-electron chi connectivity index (χ3n) is 8.29. The number of aryl methyl sites for hydroxylation is 1. The number of aromatic nitrogens is 2. The van der Waals surface area contributed by atoms with Gasteiger partial charge in [-0.25, -0.2) is 9.78 Å². The van der Waals surface area contributed by atoms with E-state index in [4.69, 9.17) is 4.74 Å². The maximum atomic E-state index is 13.6. The first-order valence-corrected chi connectivity index (χ1v) is 13.5. The summed E-state index contributed by atoms with van der Waals surface area (Å²) < 4.78 is 45.0. The number of ether oxygens (including phenoxy) is 1. The van der Waals surface area contributed by atoms with Crippen LogP contribution in [0.4, 0.5) is 18.0 Å². The van der Waals surface area contributed by atoms with Gasteiger partial charge in [-0.15, -0.1) is 0 Å². The van der Waals surface area contributed by atoms with Crippen LogP contribution in [0.3, 0.4) is 0 Å². The molecule has 0 radical (unpaired) electrons. The van der Waals surface area contributed by atoms with Gasteiger partial charge in [-0.3, -0.25) is 0 Å². The average Bonchev–Trinajstić information content (AvgIpc) is 3.18. The molecule has 9 heteroatoms. The number of nitrogens with one attached hydrogen (secondary N) is 1. The molecule has 3 heterocycles. The fourth-order valence-electron chi connectivity index (χ4n) is 5.80. The Morgan fingerprint density at radius 3 is 2.38 bits per heavy atom. The predicted molar refractivity (Wildman–Crippen MR) is 147 cm³/mol. The number of fused-ring (bicyclic) bond motifs is 2. The molecule has 0 spiro atoms. The lowest BCUT2D eigenvalue weighted by molar-refractivity contribution is -0.137. The lowest BCUT2D eigenvalue weighted by Gasteiger charge is -2.41. The summed E-state index contributed by atoms with van der Waals surface area (Å²) in [7, 11) is 0. The van der Waals surface area contributed by atoms with E-state index in [1.54, 1.807) is 12.1 Å². The quantitative estimate of drug-likeness (QED) is 0.296. The highest BCUT2D eigenvalue weighted by Crippen LogP contribution is 2.38. The SMILES string of the molecule is Cc1nc2ccc(-c3ccc4c(c3)CN(C(=O)N3CCC(C)(c5ccc(C(F)(F)F)cc5)CC3)CCO4)cc2[nH]1. The van der Waals surface area contributed by atoms with E-state index in [1.807, 2.05) is 41.0 Å². The van der Waals surface area contributed by atoms with E-state index in [-0.39, 0.29) is 11.4 Å². The van der Waals surface area contributed by atoms with Crippen LogP contribution in [0, 0.1) is 6.92 Å². The van der Waals surface area contributed by atoms with E-state index in [2.05, 4.69) is 29.0 Å². The number of amides is 2. The fourth-order valence-corrected chi connectivity index (χ4v) is 5.80. The number of hydrogen-bond donors (Lipinski definition) is 1. The number of carbonyl (C=O) groups is 1. The zero-order valence-corrected chi connectivity index (χ0v) is 22.5. The van der Waals surface area contributed by atoms with Crippen molar-refractivity contribution in [3.63, 3.8) is 0 Å².